The average molecular weight is 238 g/mol. The number of hydrogen-bond donors (Lipinski definition) is 0. The van der Waals surface area contributed by atoms with Crippen molar-refractivity contribution < 1.29 is 4.74 Å². The molecule has 1 saturated carbocycles. The van der Waals surface area contributed by atoms with Gasteiger partial charge in [-0.3, -0.25) is 0 Å². The summed E-state index contributed by atoms with van der Waals surface area (Å²) in [6.45, 7) is 0.702. The summed E-state index contributed by atoms with van der Waals surface area (Å²) < 4.78 is 5.80. The predicted octanol–water partition coefficient (Wildman–Crippen LogP) is 4.72. The van der Waals surface area contributed by atoms with Crippen molar-refractivity contribution in [3.05, 3.63) is 54.1 Å². The zero-order valence-electron chi connectivity index (χ0n) is 10.6. The lowest BCUT2D eigenvalue weighted by Gasteiger charge is -2.05. The Hall–Kier alpha value is -1.76. The lowest BCUT2D eigenvalue weighted by atomic mass is 10.1. The summed E-state index contributed by atoms with van der Waals surface area (Å²) in [7, 11) is 0. The number of fused-ring (bicyclic) bond motifs is 1. The summed E-state index contributed by atoms with van der Waals surface area (Å²) in [5.74, 6) is 0.962. The van der Waals surface area contributed by atoms with E-state index in [-0.39, 0.29) is 0 Å². The molecule has 1 aliphatic rings. The van der Waals surface area contributed by atoms with E-state index in [1.807, 2.05) is 0 Å². The van der Waals surface area contributed by atoms with Gasteiger partial charge in [0.2, 0.25) is 0 Å². The van der Waals surface area contributed by atoms with E-state index in [2.05, 4.69) is 48.5 Å². The lowest BCUT2D eigenvalue weighted by Crippen LogP contribution is -1.94. The lowest BCUT2D eigenvalue weighted by molar-refractivity contribution is 0.362. The predicted molar refractivity (Wildman–Crippen MR) is 76.0 cm³/mol. The molecule has 1 heteroatoms. The first-order valence-corrected chi connectivity index (χ1v) is 6.71. The van der Waals surface area contributed by atoms with Crippen molar-refractivity contribution in [3.63, 3.8) is 0 Å². The van der Waals surface area contributed by atoms with Gasteiger partial charge in [0.15, 0.2) is 0 Å². The van der Waals surface area contributed by atoms with Crippen molar-refractivity contribution >= 4 is 10.8 Å². The number of ether oxygens (including phenoxy) is 1. The number of benzene rings is 2. The molecular formula is C17H18O. The van der Waals surface area contributed by atoms with E-state index in [4.69, 9.17) is 4.74 Å². The Bertz CT molecular complexity index is 561. The first-order valence-electron chi connectivity index (χ1n) is 6.71. The minimum Gasteiger partial charge on any atom is -0.490 e. The molecule has 0 N–H and O–H groups in total. The van der Waals surface area contributed by atoms with E-state index in [0.717, 1.165) is 5.75 Å². The summed E-state index contributed by atoms with van der Waals surface area (Å²) in [5, 5.41) is 2.50. The van der Waals surface area contributed by atoms with E-state index in [1.165, 1.54) is 36.5 Å². The van der Waals surface area contributed by atoms with Crippen molar-refractivity contribution in [2.75, 3.05) is 6.61 Å². The summed E-state index contributed by atoms with van der Waals surface area (Å²) >= 11 is 0. The molecule has 0 bridgehead atoms. The van der Waals surface area contributed by atoms with Crippen LogP contribution in [0.25, 0.3) is 10.8 Å². The van der Waals surface area contributed by atoms with Crippen LogP contribution in [0.15, 0.2) is 54.1 Å². The number of hydrogen-bond acceptors (Lipinski definition) is 1. The third-order valence-electron chi connectivity index (χ3n) is 3.59. The second-order valence-electron chi connectivity index (χ2n) is 4.89. The molecule has 18 heavy (non-hydrogen) atoms. The first-order chi connectivity index (χ1) is 8.92. The number of allylic oxidation sites excluding steroid dienone is 1. The van der Waals surface area contributed by atoms with Crippen LogP contribution in [0.4, 0.5) is 0 Å². The number of rotatable bonds is 3. The fourth-order valence-corrected chi connectivity index (χ4v) is 2.55. The van der Waals surface area contributed by atoms with E-state index in [1.54, 1.807) is 5.57 Å². The standard InChI is InChI=1S/C17H18O/c1-2-6-14(5-1)11-12-18-17-10-9-15-7-3-4-8-16(15)13-17/h3-4,7-11,13H,1-2,5-6,12H2. The van der Waals surface area contributed by atoms with Crippen LogP contribution in [0.1, 0.15) is 25.7 Å². The molecule has 0 heterocycles. The molecule has 0 amide bonds. The van der Waals surface area contributed by atoms with Gasteiger partial charge in [0.25, 0.3) is 0 Å². The highest BCUT2D eigenvalue weighted by molar-refractivity contribution is 5.83. The Kier molecular flexibility index (Phi) is 3.31. The Balaban J connectivity index is 1.69. The molecule has 0 aromatic heterocycles. The Morgan fingerprint density at radius 3 is 2.56 bits per heavy atom. The van der Waals surface area contributed by atoms with Gasteiger partial charge in [-0.15, -0.1) is 0 Å². The van der Waals surface area contributed by atoms with Crippen molar-refractivity contribution in [2.24, 2.45) is 0 Å². The molecule has 0 unspecified atom stereocenters. The van der Waals surface area contributed by atoms with Crippen LogP contribution < -0.4 is 4.74 Å². The van der Waals surface area contributed by atoms with Crippen LogP contribution >= 0.6 is 0 Å². The van der Waals surface area contributed by atoms with Gasteiger partial charge >= 0.3 is 0 Å². The second kappa shape index (κ2) is 5.26. The molecule has 0 atom stereocenters. The van der Waals surface area contributed by atoms with Crippen molar-refractivity contribution in [2.45, 2.75) is 25.7 Å². The molecule has 0 radical (unpaired) electrons. The summed E-state index contributed by atoms with van der Waals surface area (Å²) in [5.41, 5.74) is 1.57. The highest BCUT2D eigenvalue weighted by atomic mass is 16.5. The minimum atomic E-state index is 0.702. The third kappa shape index (κ3) is 2.56. The van der Waals surface area contributed by atoms with Crippen LogP contribution in [-0.2, 0) is 0 Å². The Morgan fingerprint density at radius 2 is 1.72 bits per heavy atom. The zero-order valence-corrected chi connectivity index (χ0v) is 10.6. The maximum Gasteiger partial charge on any atom is 0.120 e. The molecule has 0 spiro atoms. The maximum absolute atomic E-state index is 5.80. The summed E-state index contributed by atoms with van der Waals surface area (Å²) in [6, 6.07) is 14.7. The molecule has 1 fully saturated rings. The molecule has 92 valence electrons. The van der Waals surface area contributed by atoms with Gasteiger partial charge in [-0.05, 0) is 54.7 Å². The van der Waals surface area contributed by atoms with Crippen LogP contribution in [-0.4, -0.2) is 6.61 Å². The maximum atomic E-state index is 5.80. The molecule has 2 aromatic carbocycles. The zero-order chi connectivity index (χ0) is 12.2. The highest BCUT2D eigenvalue weighted by Crippen LogP contribution is 2.24. The van der Waals surface area contributed by atoms with Crippen LogP contribution in [0, 0.1) is 0 Å². The van der Waals surface area contributed by atoms with Gasteiger partial charge in [0.1, 0.15) is 12.4 Å². The topological polar surface area (TPSA) is 9.23 Å². The molecule has 0 aliphatic heterocycles. The molecule has 1 aliphatic carbocycles. The van der Waals surface area contributed by atoms with E-state index >= 15 is 0 Å². The molecular weight excluding hydrogens is 220 g/mol. The third-order valence-corrected chi connectivity index (χ3v) is 3.59. The van der Waals surface area contributed by atoms with Gasteiger partial charge in [-0.1, -0.05) is 35.9 Å². The highest BCUT2D eigenvalue weighted by Gasteiger charge is 2.05. The molecule has 1 nitrogen and oxygen atoms in total. The fraction of sp³-hybridized carbons (Fsp3) is 0.294. The van der Waals surface area contributed by atoms with Crippen LogP contribution in [0.2, 0.25) is 0 Å². The summed E-state index contributed by atoms with van der Waals surface area (Å²) in [6.07, 6.45) is 7.48. The monoisotopic (exact) mass is 238 g/mol. The molecule has 2 aromatic rings. The first kappa shape index (κ1) is 11.3. The van der Waals surface area contributed by atoms with Gasteiger partial charge in [-0.2, -0.15) is 0 Å². The van der Waals surface area contributed by atoms with Gasteiger partial charge in [0.05, 0.1) is 0 Å². The van der Waals surface area contributed by atoms with Gasteiger partial charge in [-0.25, -0.2) is 0 Å². The van der Waals surface area contributed by atoms with E-state index in [9.17, 15) is 0 Å². The quantitative estimate of drug-likeness (QED) is 0.703. The van der Waals surface area contributed by atoms with Crippen molar-refractivity contribution in [1.82, 2.24) is 0 Å². The van der Waals surface area contributed by atoms with E-state index < -0.39 is 0 Å². The van der Waals surface area contributed by atoms with E-state index in [0.29, 0.717) is 6.61 Å². The fourth-order valence-electron chi connectivity index (χ4n) is 2.55. The summed E-state index contributed by atoms with van der Waals surface area (Å²) in [4.78, 5) is 0. The SMILES string of the molecule is C(COc1ccc2ccccc2c1)=C1CCCC1. The largest absolute Gasteiger partial charge is 0.490 e. The van der Waals surface area contributed by atoms with Gasteiger partial charge in [0, 0.05) is 0 Å². The normalized spacial score (nSPS) is 15.0. The Labute approximate surface area is 108 Å². The van der Waals surface area contributed by atoms with Crippen molar-refractivity contribution in [1.29, 1.82) is 0 Å². The Morgan fingerprint density at radius 1 is 0.944 bits per heavy atom. The van der Waals surface area contributed by atoms with Crippen LogP contribution in [0.3, 0.4) is 0 Å². The molecule has 0 saturated heterocycles. The van der Waals surface area contributed by atoms with Crippen molar-refractivity contribution in [3.8, 4) is 5.75 Å². The molecule has 3 rings (SSSR count). The second-order valence-corrected chi connectivity index (χ2v) is 4.89. The average Bonchev–Trinajstić information content (AvgIpc) is 2.92. The van der Waals surface area contributed by atoms with Gasteiger partial charge < -0.3 is 4.74 Å². The van der Waals surface area contributed by atoms with Crippen LogP contribution in [0.5, 0.6) is 5.75 Å². The minimum absolute atomic E-state index is 0.702. The smallest absolute Gasteiger partial charge is 0.120 e.